The Bertz CT molecular complexity index is 1030. The van der Waals surface area contributed by atoms with E-state index < -0.39 is 6.17 Å². The molecule has 0 N–H and O–H groups in total. The van der Waals surface area contributed by atoms with Crippen LogP contribution in [0.15, 0.2) is 70.8 Å². The van der Waals surface area contributed by atoms with Crippen LogP contribution in [0.3, 0.4) is 0 Å². The normalized spacial score (nSPS) is 18.1. The van der Waals surface area contributed by atoms with Gasteiger partial charge in [-0.05, 0) is 105 Å². The molecule has 0 aliphatic heterocycles. The molecule has 1 atom stereocenters. The number of hydrogen-bond acceptors (Lipinski definition) is 0. The Morgan fingerprint density at radius 2 is 1.57 bits per heavy atom. The molecular formula is C29H33F. The van der Waals surface area contributed by atoms with Gasteiger partial charge in [-0.25, -0.2) is 4.39 Å². The molecule has 0 amide bonds. The van der Waals surface area contributed by atoms with Crippen LogP contribution in [0, 0.1) is 13.8 Å². The van der Waals surface area contributed by atoms with E-state index in [4.69, 9.17) is 0 Å². The number of benzene rings is 2. The zero-order valence-electron chi connectivity index (χ0n) is 18.8. The minimum absolute atomic E-state index is 0.566. The van der Waals surface area contributed by atoms with Crippen molar-refractivity contribution in [3.05, 3.63) is 98.7 Å². The van der Waals surface area contributed by atoms with Gasteiger partial charge in [-0.2, -0.15) is 0 Å². The van der Waals surface area contributed by atoms with Gasteiger partial charge in [-0.15, -0.1) is 0 Å². The summed E-state index contributed by atoms with van der Waals surface area (Å²) < 4.78 is 13.6. The number of aryl methyl sites for hydroxylation is 3. The Hall–Kier alpha value is -2.41. The molecule has 0 fully saturated rings. The molecule has 156 valence electrons. The van der Waals surface area contributed by atoms with Crippen molar-refractivity contribution in [2.24, 2.45) is 0 Å². The summed E-state index contributed by atoms with van der Waals surface area (Å²) in [7, 11) is 0. The van der Waals surface area contributed by atoms with Crippen LogP contribution in [0.25, 0.3) is 5.57 Å². The molecule has 1 unspecified atom stereocenters. The Labute approximate surface area is 181 Å². The highest BCUT2D eigenvalue weighted by Crippen LogP contribution is 2.42. The largest absolute Gasteiger partial charge is 0.247 e. The van der Waals surface area contributed by atoms with Gasteiger partial charge in [0.2, 0.25) is 0 Å². The van der Waals surface area contributed by atoms with Crippen molar-refractivity contribution in [1.29, 1.82) is 0 Å². The van der Waals surface area contributed by atoms with E-state index in [1.807, 2.05) is 0 Å². The van der Waals surface area contributed by atoms with Crippen LogP contribution < -0.4 is 0 Å². The number of fused-ring (bicyclic) bond motifs is 1. The highest BCUT2D eigenvalue weighted by atomic mass is 19.1. The fraction of sp³-hybridized carbons (Fsp3) is 0.379. The second-order valence-electron chi connectivity index (χ2n) is 9.18. The van der Waals surface area contributed by atoms with Crippen LogP contribution in [0.4, 0.5) is 4.39 Å². The van der Waals surface area contributed by atoms with Gasteiger partial charge in [0, 0.05) is 0 Å². The van der Waals surface area contributed by atoms with Gasteiger partial charge in [0.05, 0.1) is 0 Å². The van der Waals surface area contributed by atoms with Crippen LogP contribution in [-0.4, -0.2) is 6.17 Å². The Morgan fingerprint density at radius 1 is 0.833 bits per heavy atom. The zero-order chi connectivity index (χ0) is 21.3. The van der Waals surface area contributed by atoms with Gasteiger partial charge >= 0.3 is 0 Å². The maximum atomic E-state index is 13.6. The van der Waals surface area contributed by atoms with Gasteiger partial charge < -0.3 is 0 Å². The third-order valence-electron chi connectivity index (χ3n) is 6.55. The molecule has 1 heteroatoms. The van der Waals surface area contributed by atoms with Gasteiger partial charge in [0.25, 0.3) is 0 Å². The van der Waals surface area contributed by atoms with E-state index in [-0.39, 0.29) is 0 Å². The Balaban J connectivity index is 1.91. The van der Waals surface area contributed by atoms with Crippen molar-refractivity contribution in [2.45, 2.75) is 72.4 Å². The molecule has 0 radical (unpaired) electrons. The Morgan fingerprint density at radius 3 is 2.27 bits per heavy atom. The summed E-state index contributed by atoms with van der Waals surface area (Å²) in [6, 6.07) is 16.0. The van der Waals surface area contributed by atoms with Crippen LogP contribution in [0.5, 0.6) is 0 Å². The zero-order valence-corrected chi connectivity index (χ0v) is 18.8. The van der Waals surface area contributed by atoms with Crippen molar-refractivity contribution >= 4 is 5.57 Å². The van der Waals surface area contributed by atoms with Crippen molar-refractivity contribution < 1.29 is 4.39 Å². The minimum Gasteiger partial charge on any atom is -0.247 e. The van der Waals surface area contributed by atoms with Crippen molar-refractivity contribution in [3.63, 3.8) is 0 Å². The SMILES string of the molecule is CC1=C(C2=C(c3ccc(C)cc3)c3ccc(C)cc3CCC2)CCC(CC(C)F)=C1. The molecule has 0 saturated heterocycles. The first kappa shape index (κ1) is 20.8. The predicted octanol–water partition coefficient (Wildman–Crippen LogP) is 8.23. The lowest BCUT2D eigenvalue weighted by Gasteiger charge is -2.24. The summed E-state index contributed by atoms with van der Waals surface area (Å²) in [5, 5.41) is 0. The van der Waals surface area contributed by atoms with E-state index in [0.29, 0.717) is 6.42 Å². The number of halogens is 1. The average Bonchev–Trinajstić information content (AvgIpc) is 2.87. The molecule has 0 nitrogen and oxygen atoms in total. The fourth-order valence-electron chi connectivity index (χ4n) is 5.13. The summed E-state index contributed by atoms with van der Waals surface area (Å²) >= 11 is 0. The lowest BCUT2D eigenvalue weighted by molar-refractivity contribution is 0.356. The second kappa shape index (κ2) is 8.76. The summed E-state index contributed by atoms with van der Waals surface area (Å²) in [6.07, 6.45) is 7.47. The van der Waals surface area contributed by atoms with E-state index in [9.17, 15) is 4.39 Å². The maximum Gasteiger partial charge on any atom is 0.101 e. The molecule has 2 aliphatic carbocycles. The number of hydrogen-bond donors (Lipinski definition) is 0. The number of alkyl halides is 1. The lowest BCUT2D eigenvalue weighted by Crippen LogP contribution is -2.06. The third-order valence-corrected chi connectivity index (χ3v) is 6.55. The molecule has 4 rings (SSSR count). The first-order valence-electron chi connectivity index (χ1n) is 11.4. The van der Waals surface area contributed by atoms with Gasteiger partial charge in [-0.3, -0.25) is 0 Å². The molecule has 0 spiro atoms. The van der Waals surface area contributed by atoms with Gasteiger partial charge in [-0.1, -0.05) is 65.2 Å². The molecular weight excluding hydrogens is 367 g/mol. The van der Waals surface area contributed by atoms with Crippen LogP contribution in [0.1, 0.15) is 73.8 Å². The van der Waals surface area contributed by atoms with E-state index in [1.54, 1.807) is 6.92 Å². The first-order valence-corrected chi connectivity index (χ1v) is 11.4. The monoisotopic (exact) mass is 400 g/mol. The summed E-state index contributed by atoms with van der Waals surface area (Å²) in [5.74, 6) is 0. The molecule has 30 heavy (non-hydrogen) atoms. The quantitative estimate of drug-likeness (QED) is 0.485. The topological polar surface area (TPSA) is 0 Å². The molecule has 2 aromatic carbocycles. The molecule has 0 heterocycles. The first-order chi connectivity index (χ1) is 14.4. The van der Waals surface area contributed by atoms with Crippen LogP contribution in [-0.2, 0) is 6.42 Å². The summed E-state index contributed by atoms with van der Waals surface area (Å²) in [5.41, 5.74) is 13.8. The van der Waals surface area contributed by atoms with E-state index >= 15 is 0 Å². The van der Waals surface area contributed by atoms with Crippen molar-refractivity contribution in [3.8, 4) is 0 Å². The van der Waals surface area contributed by atoms with Gasteiger partial charge in [0.15, 0.2) is 0 Å². The molecule has 2 aliphatic rings. The highest BCUT2D eigenvalue weighted by Gasteiger charge is 2.24. The van der Waals surface area contributed by atoms with Crippen molar-refractivity contribution in [1.82, 2.24) is 0 Å². The maximum absolute atomic E-state index is 13.6. The average molecular weight is 401 g/mol. The van der Waals surface area contributed by atoms with E-state index in [0.717, 1.165) is 25.7 Å². The molecule has 0 aromatic heterocycles. The van der Waals surface area contributed by atoms with Crippen LogP contribution in [0.2, 0.25) is 0 Å². The lowest BCUT2D eigenvalue weighted by atomic mass is 9.81. The van der Waals surface area contributed by atoms with Gasteiger partial charge in [0.1, 0.15) is 6.17 Å². The third kappa shape index (κ3) is 4.36. The van der Waals surface area contributed by atoms with Crippen LogP contribution >= 0.6 is 0 Å². The van der Waals surface area contributed by atoms with E-state index in [2.05, 4.69) is 69.3 Å². The summed E-state index contributed by atoms with van der Waals surface area (Å²) in [4.78, 5) is 0. The second-order valence-corrected chi connectivity index (χ2v) is 9.18. The van der Waals surface area contributed by atoms with Crippen molar-refractivity contribution in [2.75, 3.05) is 0 Å². The minimum atomic E-state index is -0.763. The molecule has 0 bridgehead atoms. The predicted molar refractivity (Wildman–Crippen MR) is 127 cm³/mol. The smallest absolute Gasteiger partial charge is 0.101 e. The van der Waals surface area contributed by atoms with E-state index in [1.165, 1.54) is 62.1 Å². The Kier molecular flexibility index (Phi) is 6.09. The number of rotatable bonds is 4. The standard InChI is InChI=1S/C29H33F/c1-19-8-12-24(13-9-19)29-27-14-10-20(2)16-25(27)6-5-7-28(29)26-15-11-23(17-21(26)3)18-22(4)30/h8-10,12-14,16-17,22H,5-7,11,15,18H2,1-4H3. The molecule has 2 aromatic rings. The number of allylic oxidation sites excluding steroid dienone is 5. The highest BCUT2D eigenvalue weighted by molar-refractivity contribution is 5.87. The molecule has 0 saturated carbocycles. The fourth-order valence-corrected chi connectivity index (χ4v) is 5.13. The summed E-state index contributed by atoms with van der Waals surface area (Å²) in [6.45, 7) is 8.22.